The van der Waals surface area contributed by atoms with Crippen LogP contribution in [0.2, 0.25) is 0 Å². The number of carbonyl (C=O) groups excluding carboxylic acids is 1. The molecule has 0 spiro atoms. The first kappa shape index (κ1) is 14.8. The van der Waals surface area contributed by atoms with Crippen molar-refractivity contribution in [2.24, 2.45) is 0 Å². The van der Waals surface area contributed by atoms with Gasteiger partial charge >= 0.3 is 6.03 Å². The summed E-state index contributed by atoms with van der Waals surface area (Å²) in [7, 11) is 1.82. The van der Waals surface area contributed by atoms with E-state index in [2.05, 4.69) is 0 Å². The van der Waals surface area contributed by atoms with E-state index in [0.29, 0.717) is 0 Å². The predicted octanol–water partition coefficient (Wildman–Crippen LogP) is 3.95. The molecule has 22 heavy (non-hydrogen) atoms. The van der Waals surface area contributed by atoms with Gasteiger partial charge in [-0.2, -0.15) is 0 Å². The van der Waals surface area contributed by atoms with Crippen molar-refractivity contribution in [2.75, 3.05) is 25.0 Å². The Morgan fingerprint density at radius 3 is 2.50 bits per heavy atom. The highest BCUT2D eigenvalue weighted by Gasteiger charge is 2.26. The molecular formula is C17H18N2O2S. The van der Waals surface area contributed by atoms with Crippen LogP contribution in [-0.2, 0) is 0 Å². The number of aryl methyl sites for hydroxylation is 1. The molecule has 0 N–H and O–H groups in total. The average molecular weight is 314 g/mol. The highest BCUT2D eigenvalue weighted by atomic mass is 32.2. The van der Waals surface area contributed by atoms with Crippen LogP contribution in [0.15, 0.2) is 53.4 Å². The molecule has 3 rings (SSSR count). The van der Waals surface area contributed by atoms with E-state index in [1.54, 1.807) is 9.80 Å². The van der Waals surface area contributed by atoms with Crippen molar-refractivity contribution >= 4 is 23.8 Å². The fraction of sp³-hybridized carbons (Fsp3) is 0.235. The summed E-state index contributed by atoms with van der Waals surface area (Å²) >= 11 is 1.32. The number of rotatable bonds is 4. The van der Waals surface area contributed by atoms with Crippen LogP contribution >= 0.6 is 12.0 Å². The number of hydrogen-bond acceptors (Lipinski definition) is 3. The van der Waals surface area contributed by atoms with Crippen LogP contribution < -0.4 is 9.08 Å². The van der Waals surface area contributed by atoms with E-state index in [0.717, 1.165) is 29.4 Å². The van der Waals surface area contributed by atoms with E-state index in [1.165, 1.54) is 17.6 Å². The van der Waals surface area contributed by atoms with Gasteiger partial charge in [-0.15, -0.1) is 0 Å². The van der Waals surface area contributed by atoms with Crippen LogP contribution in [-0.4, -0.2) is 31.1 Å². The Morgan fingerprint density at radius 1 is 1.09 bits per heavy atom. The smallest absolute Gasteiger partial charge is 0.324 e. The zero-order valence-corrected chi connectivity index (χ0v) is 13.5. The highest BCUT2D eigenvalue weighted by molar-refractivity contribution is 7.95. The Labute approximate surface area is 134 Å². The quantitative estimate of drug-likeness (QED) is 0.801. The lowest BCUT2D eigenvalue weighted by Crippen LogP contribution is -2.29. The molecule has 0 radical (unpaired) electrons. The number of urea groups is 1. The molecule has 0 unspecified atom stereocenters. The molecule has 1 aliphatic rings. The number of amides is 2. The van der Waals surface area contributed by atoms with Crippen LogP contribution in [0.25, 0.3) is 0 Å². The van der Waals surface area contributed by atoms with Crippen molar-refractivity contribution in [3.05, 3.63) is 54.1 Å². The molecule has 4 nitrogen and oxygen atoms in total. The zero-order valence-electron chi connectivity index (χ0n) is 12.7. The van der Waals surface area contributed by atoms with E-state index in [-0.39, 0.29) is 6.03 Å². The average Bonchev–Trinajstić information content (AvgIpc) is 2.86. The van der Waals surface area contributed by atoms with E-state index in [1.807, 2.05) is 62.5 Å². The molecule has 114 valence electrons. The number of likely N-dealkylation sites (N-methyl/N-ethyl adjacent to an activating group) is 1. The standard InChI is InChI=1S/C17H18N2O2S/c1-13-4-3-5-15(12-13)21-22-16-8-6-14(7-9-16)19-11-10-18(2)17(19)20/h3-9,12H,10-11H2,1-2H3. The third-order valence-corrected chi connectivity index (χ3v) is 4.33. The fourth-order valence-electron chi connectivity index (χ4n) is 2.33. The summed E-state index contributed by atoms with van der Waals surface area (Å²) in [4.78, 5) is 16.5. The van der Waals surface area contributed by atoms with Crippen molar-refractivity contribution in [1.82, 2.24) is 4.90 Å². The maximum absolute atomic E-state index is 12.0. The molecular weight excluding hydrogens is 296 g/mol. The van der Waals surface area contributed by atoms with E-state index in [4.69, 9.17) is 4.18 Å². The minimum absolute atomic E-state index is 0.0522. The fourth-order valence-corrected chi connectivity index (χ4v) is 2.88. The maximum atomic E-state index is 12.0. The van der Waals surface area contributed by atoms with Gasteiger partial charge in [0.25, 0.3) is 0 Å². The van der Waals surface area contributed by atoms with Crippen LogP contribution in [0.1, 0.15) is 5.56 Å². The molecule has 0 atom stereocenters. The summed E-state index contributed by atoms with van der Waals surface area (Å²) in [5.74, 6) is 0.838. The van der Waals surface area contributed by atoms with Crippen molar-refractivity contribution in [3.63, 3.8) is 0 Å². The Morgan fingerprint density at radius 2 is 1.86 bits per heavy atom. The van der Waals surface area contributed by atoms with Crippen LogP contribution in [0, 0.1) is 6.92 Å². The minimum atomic E-state index is 0.0522. The number of hydrogen-bond donors (Lipinski definition) is 0. The molecule has 0 saturated carbocycles. The van der Waals surface area contributed by atoms with Gasteiger partial charge in [-0.3, -0.25) is 4.90 Å². The second-order valence-corrected chi connectivity index (χ2v) is 6.14. The Kier molecular flexibility index (Phi) is 4.24. The molecule has 2 amide bonds. The summed E-state index contributed by atoms with van der Waals surface area (Å²) in [5.41, 5.74) is 2.10. The second-order valence-electron chi connectivity index (χ2n) is 5.33. The molecule has 1 fully saturated rings. The lowest BCUT2D eigenvalue weighted by Gasteiger charge is -2.16. The molecule has 2 aromatic rings. The van der Waals surface area contributed by atoms with Gasteiger partial charge in [0.1, 0.15) is 5.75 Å². The van der Waals surface area contributed by atoms with Gasteiger partial charge in [0.2, 0.25) is 0 Å². The Bertz CT molecular complexity index is 673. The third-order valence-electron chi connectivity index (χ3n) is 3.59. The van der Waals surface area contributed by atoms with Crippen molar-refractivity contribution in [3.8, 4) is 5.75 Å². The minimum Gasteiger partial charge on any atom is -0.421 e. The topological polar surface area (TPSA) is 32.8 Å². The monoisotopic (exact) mass is 314 g/mol. The number of benzene rings is 2. The van der Waals surface area contributed by atoms with Gasteiger partial charge in [0.05, 0.1) is 12.0 Å². The van der Waals surface area contributed by atoms with E-state index >= 15 is 0 Å². The van der Waals surface area contributed by atoms with E-state index < -0.39 is 0 Å². The lowest BCUT2D eigenvalue weighted by molar-refractivity contribution is 0.229. The van der Waals surface area contributed by atoms with Crippen LogP contribution in [0.3, 0.4) is 0 Å². The Hall–Kier alpha value is -2.14. The van der Waals surface area contributed by atoms with Crippen molar-refractivity contribution in [2.45, 2.75) is 11.8 Å². The van der Waals surface area contributed by atoms with Crippen molar-refractivity contribution in [1.29, 1.82) is 0 Å². The molecule has 2 aromatic carbocycles. The van der Waals surface area contributed by atoms with Gasteiger partial charge in [-0.1, -0.05) is 12.1 Å². The molecule has 1 saturated heterocycles. The van der Waals surface area contributed by atoms with Gasteiger partial charge < -0.3 is 9.08 Å². The van der Waals surface area contributed by atoms with Gasteiger partial charge in [-0.05, 0) is 48.9 Å². The van der Waals surface area contributed by atoms with E-state index in [9.17, 15) is 4.79 Å². The largest absolute Gasteiger partial charge is 0.421 e. The SMILES string of the molecule is Cc1cccc(OSc2ccc(N3CCN(C)C3=O)cc2)c1. The molecule has 1 heterocycles. The predicted molar refractivity (Wildman–Crippen MR) is 89.5 cm³/mol. The summed E-state index contributed by atoms with van der Waals surface area (Å²) in [5, 5.41) is 0. The summed E-state index contributed by atoms with van der Waals surface area (Å²) in [6.45, 7) is 3.55. The van der Waals surface area contributed by atoms with Gasteiger partial charge in [-0.25, -0.2) is 4.79 Å². The molecule has 0 aliphatic carbocycles. The normalized spacial score (nSPS) is 14.5. The number of nitrogens with zero attached hydrogens (tertiary/aromatic N) is 2. The van der Waals surface area contributed by atoms with Crippen LogP contribution in [0.4, 0.5) is 10.5 Å². The summed E-state index contributed by atoms with van der Waals surface area (Å²) < 4.78 is 5.70. The molecule has 5 heteroatoms. The molecule has 1 aliphatic heterocycles. The van der Waals surface area contributed by atoms with Crippen molar-refractivity contribution < 1.29 is 8.98 Å². The lowest BCUT2D eigenvalue weighted by atomic mass is 10.2. The van der Waals surface area contributed by atoms with Gasteiger partial charge in [0, 0.05) is 30.7 Å². The van der Waals surface area contributed by atoms with Crippen LogP contribution in [0.5, 0.6) is 5.75 Å². The maximum Gasteiger partial charge on any atom is 0.324 e. The molecule has 0 aromatic heterocycles. The number of anilines is 1. The first-order chi connectivity index (χ1) is 10.6. The third kappa shape index (κ3) is 3.20. The summed E-state index contributed by atoms with van der Waals surface area (Å²) in [6.07, 6.45) is 0. The molecule has 0 bridgehead atoms. The summed E-state index contributed by atoms with van der Waals surface area (Å²) in [6, 6.07) is 15.9. The highest BCUT2D eigenvalue weighted by Crippen LogP contribution is 2.27. The first-order valence-electron chi connectivity index (χ1n) is 7.17. The number of carbonyl (C=O) groups is 1. The second kappa shape index (κ2) is 6.32. The first-order valence-corrected chi connectivity index (χ1v) is 7.91. The Balaban J connectivity index is 1.63. The zero-order chi connectivity index (χ0) is 15.5. The van der Waals surface area contributed by atoms with Gasteiger partial charge in [0.15, 0.2) is 0 Å².